The first-order valence-corrected chi connectivity index (χ1v) is 9.92. The van der Waals surface area contributed by atoms with Crippen molar-refractivity contribution in [1.82, 2.24) is 4.57 Å². The van der Waals surface area contributed by atoms with E-state index >= 15 is 0 Å². The molecular formula is C22H22BrNO4. The predicted octanol–water partition coefficient (Wildman–Crippen LogP) is 5.32. The number of hydrogen-bond acceptors (Lipinski definition) is 3. The molecule has 0 fully saturated rings. The van der Waals surface area contributed by atoms with Crippen LogP contribution in [0.1, 0.15) is 47.8 Å². The first-order valence-electron chi connectivity index (χ1n) is 9.13. The number of halogens is 1. The van der Waals surface area contributed by atoms with Gasteiger partial charge in [-0.3, -0.25) is 14.2 Å². The topological polar surface area (TPSA) is 79.5 Å². The standard InChI is InChI=1S/C22H22BrNO4/c1-4-12(2)19(22(27)28)20-13(3)24(18-10-9-16(25)11-17(18)20)21(26)14-5-7-15(23)8-6-14/h5-12,19,25H,4H2,1-3H3,(H,27,28)/t12?,19-/m0/s1. The van der Waals surface area contributed by atoms with Crippen molar-refractivity contribution < 1.29 is 19.8 Å². The van der Waals surface area contributed by atoms with Crippen LogP contribution in [-0.4, -0.2) is 26.7 Å². The van der Waals surface area contributed by atoms with Crippen molar-refractivity contribution in [3.63, 3.8) is 0 Å². The monoisotopic (exact) mass is 443 g/mol. The smallest absolute Gasteiger partial charge is 0.311 e. The quantitative estimate of drug-likeness (QED) is 0.558. The molecule has 0 amide bonds. The predicted molar refractivity (Wildman–Crippen MR) is 112 cm³/mol. The number of fused-ring (bicyclic) bond motifs is 1. The van der Waals surface area contributed by atoms with E-state index in [4.69, 9.17) is 0 Å². The second-order valence-electron chi connectivity index (χ2n) is 7.05. The van der Waals surface area contributed by atoms with Gasteiger partial charge in [-0.05, 0) is 60.9 Å². The van der Waals surface area contributed by atoms with Gasteiger partial charge >= 0.3 is 5.97 Å². The van der Waals surface area contributed by atoms with Crippen LogP contribution in [0.25, 0.3) is 10.9 Å². The Kier molecular flexibility index (Phi) is 5.61. The van der Waals surface area contributed by atoms with Crippen LogP contribution in [0.5, 0.6) is 5.75 Å². The van der Waals surface area contributed by atoms with E-state index in [1.54, 1.807) is 47.9 Å². The van der Waals surface area contributed by atoms with Crippen molar-refractivity contribution in [3.8, 4) is 5.75 Å². The normalized spacial score (nSPS) is 13.4. The number of carboxylic acid groups (broad SMARTS) is 1. The highest BCUT2D eigenvalue weighted by molar-refractivity contribution is 9.10. The molecule has 2 atom stereocenters. The minimum Gasteiger partial charge on any atom is -0.508 e. The highest BCUT2D eigenvalue weighted by atomic mass is 79.9. The second kappa shape index (κ2) is 7.80. The molecule has 3 rings (SSSR count). The van der Waals surface area contributed by atoms with Gasteiger partial charge in [-0.1, -0.05) is 36.2 Å². The van der Waals surface area contributed by atoms with Gasteiger partial charge in [-0.15, -0.1) is 0 Å². The van der Waals surface area contributed by atoms with Crippen molar-refractivity contribution in [2.45, 2.75) is 33.1 Å². The van der Waals surface area contributed by atoms with Gasteiger partial charge in [0.05, 0.1) is 11.4 Å². The summed E-state index contributed by atoms with van der Waals surface area (Å²) in [6, 6.07) is 11.7. The van der Waals surface area contributed by atoms with E-state index in [1.165, 1.54) is 6.07 Å². The van der Waals surface area contributed by atoms with Crippen LogP contribution in [0.3, 0.4) is 0 Å². The number of benzene rings is 2. The van der Waals surface area contributed by atoms with Crippen molar-refractivity contribution in [1.29, 1.82) is 0 Å². The zero-order valence-corrected chi connectivity index (χ0v) is 17.5. The lowest BCUT2D eigenvalue weighted by atomic mass is 9.84. The van der Waals surface area contributed by atoms with Gasteiger partial charge in [0.2, 0.25) is 0 Å². The lowest BCUT2D eigenvalue weighted by Crippen LogP contribution is -2.21. The van der Waals surface area contributed by atoms with E-state index in [9.17, 15) is 19.8 Å². The lowest BCUT2D eigenvalue weighted by Gasteiger charge is -2.20. The summed E-state index contributed by atoms with van der Waals surface area (Å²) in [6.45, 7) is 5.60. The lowest BCUT2D eigenvalue weighted by molar-refractivity contribution is -0.140. The van der Waals surface area contributed by atoms with Crippen LogP contribution in [0, 0.1) is 12.8 Å². The van der Waals surface area contributed by atoms with E-state index in [0.717, 1.165) is 4.47 Å². The van der Waals surface area contributed by atoms with Gasteiger partial charge in [0.1, 0.15) is 5.75 Å². The molecule has 3 aromatic rings. The first kappa shape index (κ1) is 20.1. The summed E-state index contributed by atoms with van der Waals surface area (Å²) >= 11 is 3.36. The molecule has 1 unspecified atom stereocenters. The molecule has 0 aliphatic rings. The summed E-state index contributed by atoms with van der Waals surface area (Å²) in [4.78, 5) is 25.4. The summed E-state index contributed by atoms with van der Waals surface area (Å²) in [7, 11) is 0. The maximum atomic E-state index is 13.3. The number of hydrogen-bond donors (Lipinski definition) is 2. The molecule has 146 valence electrons. The van der Waals surface area contributed by atoms with Crippen LogP contribution in [-0.2, 0) is 4.79 Å². The molecule has 28 heavy (non-hydrogen) atoms. The number of phenols is 1. The molecule has 0 saturated heterocycles. The van der Waals surface area contributed by atoms with Crippen LogP contribution >= 0.6 is 15.9 Å². The Balaban J connectivity index is 2.30. The van der Waals surface area contributed by atoms with Crippen LogP contribution in [0.2, 0.25) is 0 Å². The summed E-state index contributed by atoms with van der Waals surface area (Å²) in [5.74, 6) is -2.03. The number of carbonyl (C=O) groups is 2. The molecule has 0 radical (unpaired) electrons. The molecule has 0 aliphatic carbocycles. The molecule has 1 aromatic heterocycles. The van der Waals surface area contributed by atoms with Crippen LogP contribution in [0.15, 0.2) is 46.9 Å². The molecule has 0 bridgehead atoms. The number of aromatic nitrogens is 1. The fourth-order valence-corrected chi connectivity index (χ4v) is 3.96. The van der Waals surface area contributed by atoms with Crippen molar-refractivity contribution >= 4 is 38.7 Å². The number of nitrogens with zero attached hydrogens (tertiary/aromatic N) is 1. The number of carboxylic acids is 1. The molecule has 6 heteroatoms. The summed E-state index contributed by atoms with van der Waals surface area (Å²) in [5, 5.41) is 20.5. The zero-order chi connectivity index (χ0) is 20.6. The highest BCUT2D eigenvalue weighted by Crippen LogP contribution is 2.38. The Morgan fingerprint density at radius 2 is 1.79 bits per heavy atom. The molecule has 0 saturated carbocycles. The number of phenolic OH excluding ortho intramolecular Hbond substituents is 1. The Labute approximate surface area is 171 Å². The van der Waals surface area contributed by atoms with Gasteiger partial charge in [0.25, 0.3) is 5.91 Å². The fraction of sp³-hybridized carbons (Fsp3) is 0.273. The average Bonchev–Trinajstić information content (AvgIpc) is 2.93. The molecule has 0 spiro atoms. The van der Waals surface area contributed by atoms with Gasteiger partial charge in [0.15, 0.2) is 0 Å². The molecule has 5 nitrogen and oxygen atoms in total. The van der Waals surface area contributed by atoms with Crippen LogP contribution < -0.4 is 0 Å². The van der Waals surface area contributed by atoms with Gasteiger partial charge < -0.3 is 10.2 Å². The number of aliphatic carboxylic acids is 1. The summed E-state index contributed by atoms with van der Waals surface area (Å²) in [6.07, 6.45) is 0.683. The largest absolute Gasteiger partial charge is 0.508 e. The van der Waals surface area contributed by atoms with E-state index in [0.29, 0.717) is 34.1 Å². The van der Waals surface area contributed by atoms with E-state index in [2.05, 4.69) is 15.9 Å². The van der Waals surface area contributed by atoms with E-state index in [1.807, 2.05) is 13.8 Å². The molecule has 2 N–H and O–H groups in total. The average molecular weight is 444 g/mol. The van der Waals surface area contributed by atoms with Gasteiger partial charge in [-0.25, -0.2) is 0 Å². The zero-order valence-electron chi connectivity index (χ0n) is 15.9. The van der Waals surface area contributed by atoms with E-state index < -0.39 is 11.9 Å². The third kappa shape index (κ3) is 3.44. The van der Waals surface area contributed by atoms with Gasteiger partial charge in [-0.2, -0.15) is 0 Å². The maximum Gasteiger partial charge on any atom is 0.311 e. The Morgan fingerprint density at radius 1 is 1.14 bits per heavy atom. The first-order chi connectivity index (χ1) is 13.3. The minimum atomic E-state index is -0.934. The number of carbonyl (C=O) groups excluding carboxylic acids is 1. The molecule has 0 aliphatic heterocycles. The Hall–Kier alpha value is -2.60. The summed E-state index contributed by atoms with van der Waals surface area (Å²) in [5.41, 5.74) is 2.26. The molecule has 1 heterocycles. The molecular weight excluding hydrogens is 422 g/mol. The Morgan fingerprint density at radius 3 is 2.36 bits per heavy atom. The third-order valence-electron chi connectivity index (χ3n) is 5.32. The fourth-order valence-electron chi connectivity index (χ4n) is 3.69. The highest BCUT2D eigenvalue weighted by Gasteiger charge is 2.32. The van der Waals surface area contributed by atoms with Crippen molar-refractivity contribution in [2.24, 2.45) is 5.92 Å². The molecule has 2 aromatic carbocycles. The third-order valence-corrected chi connectivity index (χ3v) is 5.85. The SMILES string of the molecule is CCC(C)[C@H](C(=O)O)c1c(C)n(C(=O)c2ccc(Br)cc2)c2ccc(O)cc12. The van der Waals surface area contributed by atoms with Gasteiger partial charge in [0, 0.05) is 21.1 Å². The van der Waals surface area contributed by atoms with Crippen molar-refractivity contribution in [2.75, 3.05) is 0 Å². The van der Waals surface area contributed by atoms with Crippen LogP contribution in [0.4, 0.5) is 0 Å². The van der Waals surface area contributed by atoms with E-state index in [-0.39, 0.29) is 17.6 Å². The number of rotatable bonds is 5. The summed E-state index contributed by atoms with van der Waals surface area (Å²) < 4.78 is 2.41. The van der Waals surface area contributed by atoms with Crippen molar-refractivity contribution in [3.05, 3.63) is 63.8 Å². The second-order valence-corrected chi connectivity index (χ2v) is 7.97. The number of aromatic hydroxyl groups is 1. The Bertz CT molecular complexity index is 1050. The minimum absolute atomic E-state index is 0.0373. The maximum absolute atomic E-state index is 13.3.